The second kappa shape index (κ2) is 4.84. The fourth-order valence-corrected chi connectivity index (χ4v) is 1.17. The van der Waals surface area contributed by atoms with E-state index in [0.29, 0.717) is 6.07 Å². The first-order chi connectivity index (χ1) is 7.45. The SMILES string of the molecule is CC(CO)Nc1cc(F)cc(F)c1[N+](=O)[O-]. The Morgan fingerprint density at radius 2 is 2.19 bits per heavy atom. The van der Waals surface area contributed by atoms with Crippen molar-refractivity contribution in [3.8, 4) is 0 Å². The van der Waals surface area contributed by atoms with Crippen molar-refractivity contribution in [2.45, 2.75) is 13.0 Å². The first-order valence-corrected chi connectivity index (χ1v) is 4.46. The summed E-state index contributed by atoms with van der Waals surface area (Å²) in [5, 5.41) is 21.8. The van der Waals surface area contributed by atoms with Crippen molar-refractivity contribution in [2.75, 3.05) is 11.9 Å². The maximum absolute atomic E-state index is 13.1. The normalized spacial score (nSPS) is 12.2. The summed E-state index contributed by atoms with van der Waals surface area (Å²) in [5.74, 6) is -2.17. The molecule has 0 aliphatic rings. The number of nitro groups is 1. The largest absolute Gasteiger partial charge is 0.394 e. The number of aliphatic hydroxyl groups is 1. The highest BCUT2D eigenvalue weighted by molar-refractivity contribution is 5.62. The van der Waals surface area contributed by atoms with Crippen LogP contribution < -0.4 is 5.32 Å². The quantitative estimate of drug-likeness (QED) is 0.611. The lowest BCUT2D eigenvalue weighted by molar-refractivity contribution is -0.386. The molecule has 1 unspecified atom stereocenters. The molecular weight excluding hydrogens is 222 g/mol. The van der Waals surface area contributed by atoms with Gasteiger partial charge in [-0.2, -0.15) is 4.39 Å². The maximum atomic E-state index is 13.1. The lowest BCUT2D eigenvalue weighted by atomic mass is 10.2. The molecule has 7 heteroatoms. The van der Waals surface area contributed by atoms with Gasteiger partial charge in [0, 0.05) is 18.2 Å². The molecule has 2 N–H and O–H groups in total. The van der Waals surface area contributed by atoms with Crippen LogP contribution in [0.4, 0.5) is 20.2 Å². The highest BCUT2D eigenvalue weighted by Crippen LogP contribution is 2.29. The van der Waals surface area contributed by atoms with Gasteiger partial charge in [-0.1, -0.05) is 0 Å². The van der Waals surface area contributed by atoms with Gasteiger partial charge in [0.05, 0.1) is 11.5 Å². The van der Waals surface area contributed by atoms with E-state index in [2.05, 4.69) is 5.32 Å². The molecule has 16 heavy (non-hydrogen) atoms. The second-order valence-corrected chi connectivity index (χ2v) is 3.27. The molecule has 1 aromatic rings. The predicted molar refractivity (Wildman–Crippen MR) is 53.2 cm³/mol. The molecule has 0 aliphatic carbocycles. The minimum absolute atomic E-state index is 0.288. The number of aliphatic hydroxyl groups excluding tert-OH is 1. The van der Waals surface area contributed by atoms with Crippen molar-refractivity contribution in [3.05, 3.63) is 33.9 Å². The fraction of sp³-hybridized carbons (Fsp3) is 0.333. The van der Waals surface area contributed by atoms with E-state index < -0.39 is 28.3 Å². The zero-order valence-corrected chi connectivity index (χ0v) is 8.41. The van der Waals surface area contributed by atoms with E-state index in [1.165, 1.54) is 6.92 Å². The first kappa shape index (κ1) is 12.3. The van der Waals surface area contributed by atoms with Gasteiger partial charge in [-0.25, -0.2) is 4.39 Å². The Labute approximate surface area is 89.9 Å². The number of hydrogen-bond acceptors (Lipinski definition) is 4. The zero-order chi connectivity index (χ0) is 12.3. The Balaban J connectivity index is 3.19. The zero-order valence-electron chi connectivity index (χ0n) is 8.41. The van der Waals surface area contributed by atoms with Crippen molar-refractivity contribution in [1.29, 1.82) is 0 Å². The van der Waals surface area contributed by atoms with Gasteiger partial charge in [0.15, 0.2) is 0 Å². The summed E-state index contributed by atoms with van der Waals surface area (Å²) in [7, 11) is 0. The number of anilines is 1. The predicted octanol–water partition coefficient (Wildman–Crippen LogP) is 1.67. The van der Waals surface area contributed by atoms with Crippen LogP contribution in [0.25, 0.3) is 0 Å². The summed E-state index contributed by atoms with van der Waals surface area (Å²) in [6.45, 7) is 1.21. The molecule has 0 saturated carbocycles. The number of rotatable bonds is 4. The highest BCUT2D eigenvalue weighted by Gasteiger charge is 2.22. The molecule has 88 valence electrons. The average Bonchev–Trinajstić information content (AvgIpc) is 2.15. The van der Waals surface area contributed by atoms with Gasteiger partial charge in [-0.3, -0.25) is 10.1 Å². The molecular formula is C9H10F2N2O3. The second-order valence-electron chi connectivity index (χ2n) is 3.27. The maximum Gasteiger partial charge on any atom is 0.327 e. The standard InChI is InChI=1S/C9H10F2N2O3/c1-5(4-14)12-8-3-6(10)2-7(11)9(8)13(15)16/h2-3,5,12,14H,4H2,1H3. The van der Waals surface area contributed by atoms with E-state index >= 15 is 0 Å². The van der Waals surface area contributed by atoms with E-state index in [4.69, 9.17) is 5.11 Å². The van der Waals surface area contributed by atoms with Crippen LogP contribution >= 0.6 is 0 Å². The molecule has 0 amide bonds. The molecule has 0 bridgehead atoms. The van der Waals surface area contributed by atoms with Crippen molar-refractivity contribution < 1.29 is 18.8 Å². The lowest BCUT2D eigenvalue weighted by Gasteiger charge is -2.12. The Hall–Kier alpha value is -1.76. The molecule has 0 radical (unpaired) electrons. The monoisotopic (exact) mass is 232 g/mol. The molecule has 0 fully saturated rings. The summed E-state index contributed by atoms with van der Waals surface area (Å²) >= 11 is 0. The molecule has 0 heterocycles. The Bertz CT molecular complexity index is 412. The molecule has 0 aromatic heterocycles. The Morgan fingerprint density at radius 3 is 2.69 bits per heavy atom. The van der Waals surface area contributed by atoms with Gasteiger partial charge < -0.3 is 10.4 Å². The van der Waals surface area contributed by atoms with Crippen LogP contribution in [0, 0.1) is 21.7 Å². The smallest absolute Gasteiger partial charge is 0.327 e. The van der Waals surface area contributed by atoms with Gasteiger partial charge >= 0.3 is 5.69 Å². The van der Waals surface area contributed by atoms with Crippen LogP contribution in [-0.4, -0.2) is 22.7 Å². The van der Waals surface area contributed by atoms with E-state index in [-0.39, 0.29) is 12.3 Å². The van der Waals surface area contributed by atoms with Crippen molar-refractivity contribution in [2.24, 2.45) is 0 Å². The molecule has 5 nitrogen and oxygen atoms in total. The third-order valence-electron chi connectivity index (χ3n) is 1.89. The topological polar surface area (TPSA) is 75.4 Å². The van der Waals surface area contributed by atoms with Crippen molar-refractivity contribution >= 4 is 11.4 Å². The first-order valence-electron chi connectivity index (χ1n) is 4.46. The Kier molecular flexibility index (Phi) is 3.73. The van der Waals surface area contributed by atoms with Crippen LogP contribution in [0.3, 0.4) is 0 Å². The van der Waals surface area contributed by atoms with Crippen molar-refractivity contribution in [3.63, 3.8) is 0 Å². The van der Waals surface area contributed by atoms with Gasteiger partial charge in [0.1, 0.15) is 11.5 Å². The minimum atomic E-state index is -1.25. The number of nitrogens with zero attached hydrogens (tertiary/aromatic N) is 1. The molecule has 0 aliphatic heterocycles. The number of hydrogen-bond donors (Lipinski definition) is 2. The van der Waals surface area contributed by atoms with Crippen LogP contribution in [0.1, 0.15) is 6.92 Å². The van der Waals surface area contributed by atoms with Gasteiger partial charge in [0.25, 0.3) is 0 Å². The van der Waals surface area contributed by atoms with Crippen LogP contribution in [-0.2, 0) is 0 Å². The Morgan fingerprint density at radius 1 is 1.56 bits per heavy atom. The molecule has 1 atom stereocenters. The number of benzene rings is 1. The van der Waals surface area contributed by atoms with Crippen molar-refractivity contribution in [1.82, 2.24) is 0 Å². The minimum Gasteiger partial charge on any atom is -0.394 e. The number of nitro benzene ring substituents is 1. The number of halogens is 2. The van der Waals surface area contributed by atoms with E-state index in [9.17, 15) is 18.9 Å². The van der Waals surface area contributed by atoms with Crippen LogP contribution in [0.15, 0.2) is 12.1 Å². The summed E-state index contributed by atoms with van der Waals surface area (Å²) in [6.07, 6.45) is 0. The van der Waals surface area contributed by atoms with Crippen LogP contribution in [0.5, 0.6) is 0 Å². The number of nitrogens with one attached hydrogen (secondary N) is 1. The molecule has 1 rings (SSSR count). The summed E-state index contributed by atoms with van der Waals surface area (Å²) in [4.78, 5) is 9.62. The van der Waals surface area contributed by atoms with E-state index in [1.54, 1.807) is 0 Å². The fourth-order valence-electron chi connectivity index (χ4n) is 1.17. The van der Waals surface area contributed by atoms with E-state index in [1.807, 2.05) is 0 Å². The van der Waals surface area contributed by atoms with Gasteiger partial charge in [0.2, 0.25) is 5.82 Å². The third-order valence-corrected chi connectivity index (χ3v) is 1.89. The average molecular weight is 232 g/mol. The van der Waals surface area contributed by atoms with Gasteiger partial charge in [-0.15, -0.1) is 0 Å². The van der Waals surface area contributed by atoms with E-state index in [0.717, 1.165) is 6.07 Å². The summed E-state index contributed by atoms with van der Waals surface area (Å²) in [5.41, 5.74) is -1.12. The lowest BCUT2D eigenvalue weighted by Crippen LogP contribution is -2.20. The summed E-state index contributed by atoms with van der Waals surface area (Å²) in [6, 6.07) is 0.709. The highest BCUT2D eigenvalue weighted by atomic mass is 19.1. The molecule has 0 spiro atoms. The molecule has 1 aromatic carbocycles. The molecule has 0 saturated heterocycles. The van der Waals surface area contributed by atoms with Crippen LogP contribution in [0.2, 0.25) is 0 Å². The van der Waals surface area contributed by atoms with Gasteiger partial charge in [-0.05, 0) is 6.92 Å². The third kappa shape index (κ3) is 2.63. The summed E-state index contributed by atoms with van der Waals surface area (Å²) < 4.78 is 26.0.